The highest BCUT2D eigenvalue weighted by Crippen LogP contribution is 2.31. The minimum absolute atomic E-state index is 0.0714. The summed E-state index contributed by atoms with van der Waals surface area (Å²) in [5.74, 6) is 1.72. The van der Waals surface area contributed by atoms with Gasteiger partial charge in [-0.05, 0) is 49.6 Å². The van der Waals surface area contributed by atoms with Crippen molar-refractivity contribution >= 4 is 15.8 Å². The maximum absolute atomic E-state index is 12.6. The van der Waals surface area contributed by atoms with Crippen LogP contribution in [-0.4, -0.2) is 56.2 Å². The molecule has 1 atom stereocenters. The standard InChI is InChI=1S/C20H27N3O5S/c1-15(16-5-7-18(28-12-11-24)19(13-16)27-2)22-20-8-6-17(14-21-20)29(25,26)23-9-3-4-10-23/h5-8,13-15,24H,3-4,9-12H2,1-2H3,(H,21,22). The summed E-state index contributed by atoms with van der Waals surface area (Å²) in [6.45, 7) is 3.23. The third kappa shape index (κ3) is 4.98. The molecule has 3 rings (SSSR count). The van der Waals surface area contributed by atoms with Gasteiger partial charge in [0.1, 0.15) is 17.3 Å². The smallest absolute Gasteiger partial charge is 0.244 e. The predicted molar refractivity (Wildman–Crippen MR) is 110 cm³/mol. The van der Waals surface area contributed by atoms with Crippen molar-refractivity contribution in [2.24, 2.45) is 0 Å². The average Bonchev–Trinajstić information content (AvgIpc) is 3.28. The van der Waals surface area contributed by atoms with E-state index in [1.54, 1.807) is 25.3 Å². The minimum atomic E-state index is -3.46. The number of aromatic nitrogens is 1. The first-order valence-corrected chi connectivity index (χ1v) is 11.0. The third-order valence-corrected chi connectivity index (χ3v) is 6.72. The van der Waals surface area contributed by atoms with Crippen LogP contribution in [-0.2, 0) is 10.0 Å². The molecule has 8 nitrogen and oxygen atoms in total. The molecule has 0 radical (unpaired) electrons. The maximum atomic E-state index is 12.6. The molecule has 1 aromatic carbocycles. The van der Waals surface area contributed by atoms with Gasteiger partial charge in [-0.1, -0.05) is 6.07 Å². The van der Waals surface area contributed by atoms with Gasteiger partial charge in [0.05, 0.1) is 19.8 Å². The number of hydrogen-bond donors (Lipinski definition) is 2. The molecule has 1 aliphatic rings. The Morgan fingerprint density at radius 2 is 1.97 bits per heavy atom. The Morgan fingerprint density at radius 1 is 1.21 bits per heavy atom. The Hall–Kier alpha value is -2.36. The lowest BCUT2D eigenvalue weighted by atomic mass is 10.1. The highest BCUT2D eigenvalue weighted by atomic mass is 32.2. The number of anilines is 1. The number of hydrogen-bond acceptors (Lipinski definition) is 7. The minimum Gasteiger partial charge on any atom is -0.493 e. The molecular weight excluding hydrogens is 394 g/mol. The predicted octanol–water partition coefficient (Wildman–Crippen LogP) is 2.42. The lowest BCUT2D eigenvalue weighted by Gasteiger charge is -2.18. The van der Waals surface area contributed by atoms with E-state index in [9.17, 15) is 8.42 Å². The van der Waals surface area contributed by atoms with Gasteiger partial charge in [0.25, 0.3) is 0 Å². The van der Waals surface area contributed by atoms with Crippen molar-refractivity contribution in [1.29, 1.82) is 0 Å². The van der Waals surface area contributed by atoms with Crippen LogP contribution >= 0.6 is 0 Å². The van der Waals surface area contributed by atoms with Crippen molar-refractivity contribution in [3.05, 3.63) is 42.1 Å². The molecule has 1 unspecified atom stereocenters. The molecule has 9 heteroatoms. The molecule has 1 aromatic heterocycles. The number of nitrogens with zero attached hydrogens (tertiary/aromatic N) is 2. The molecule has 0 saturated carbocycles. The Morgan fingerprint density at radius 3 is 2.59 bits per heavy atom. The zero-order valence-electron chi connectivity index (χ0n) is 16.7. The van der Waals surface area contributed by atoms with E-state index in [-0.39, 0.29) is 24.2 Å². The summed E-state index contributed by atoms with van der Waals surface area (Å²) in [5.41, 5.74) is 0.953. The van der Waals surface area contributed by atoms with Gasteiger partial charge >= 0.3 is 0 Å². The molecule has 0 amide bonds. The van der Waals surface area contributed by atoms with Gasteiger partial charge in [0.15, 0.2) is 11.5 Å². The van der Waals surface area contributed by atoms with Crippen LogP contribution in [0, 0.1) is 0 Å². The normalized spacial score (nSPS) is 15.8. The monoisotopic (exact) mass is 421 g/mol. The van der Waals surface area contributed by atoms with Gasteiger partial charge in [-0.15, -0.1) is 0 Å². The van der Waals surface area contributed by atoms with Gasteiger partial charge in [-0.3, -0.25) is 0 Å². The number of methoxy groups -OCH3 is 1. The van der Waals surface area contributed by atoms with E-state index < -0.39 is 10.0 Å². The van der Waals surface area contributed by atoms with Crippen LogP contribution in [0.4, 0.5) is 5.82 Å². The number of benzene rings is 1. The summed E-state index contributed by atoms with van der Waals surface area (Å²) in [7, 11) is -1.90. The van der Waals surface area contributed by atoms with Gasteiger partial charge in [-0.2, -0.15) is 4.31 Å². The molecule has 1 fully saturated rings. The second-order valence-corrected chi connectivity index (χ2v) is 8.78. The quantitative estimate of drug-likeness (QED) is 0.641. The fraction of sp³-hybridized carbons (Fsp3) is 0.450. The zero-order chi connectivity index (χ0) is 20.9. The number of pyridine rings is 1. The zero-order valence-corrected chi connectivity index (χ0v) is 17.5. The summed E-state index contributed by atoms with van der Waals surface area (Å²) in [6.07, 6.45) is 3.20. The van der Waals surface area contributed by atoms with Crippen LogP contribution in [0.1, 0.15) is 31.4 Å². The number of aliphatic hydroxyl groups is 1. The first-order chi connectivity index (χ1) is 14.0. The van der Waals surface area contributed by atoms with Gasteiger partial charge in [0.2, 0.25) is 10.0 Å². The van der Waals surface area contributed by atoms with E-state index in [1.807, 2.05) is 19.1 Å². The molecule has 0 aliphatic carbocycles. The molecular formula is C20H27N3O5S. The molecule has 0 bridgehead atoms. The molecule has 0 spiro atoms. The second kappa shape index (κ2) is 9.43. The molecule has 2 aromatic rings. The van der Waals surface area contributed by atoms with Crippen molar-refractivity contribution in [2.45, 2.75) is 30.7 Å². The largest absolute Gasteiger partial charge is 0.493 e. The van der Waals surface area contributed by atoms with Crippen molar-refractivity contribution in [3.63, 3.8) is 0 Å². The lowest BCUT2D eigenvalue weighted by molar-refractivity contribution is 0.196. The Bertz CT molecular complexity index is 912. The van der Waals surface area contributed by atoms with E-state index in [1.165, 1.54) is 10.5 Å². The van der Waals surface area contributed by atoms with Crippen LogP contribution in [0.2, 0.25) is 0 Å². The Labute approximate surface area is 171 Å². The highest BCUT2D eigenvalue weighted by molar-refractivity contribution is 7.89. The van der Waals surface area contributed by atoms with Gasteiger partial charge in [-0.25, -0.2) is 13.4 Å². The van der Waals surface area contributed by atoms with E-state index >= 15 is 0 Å². The van der Waals surface area contributed by atoms with E-state index in [0.717, 1.165) is 18.4 Å². The van der Waals surface area contributed by atoms with Gasteiger partial charge in [0, 0.05) is 19.3 Å². The van der Waals surface area contributed by atoms with E-state index in [2.05, 4.69) is 10.3 Å². The average molecular weight is 422 g/mol. The topological polar surface area (TPSA) is 101 Å². The van der Waals surface area contributed by atoms with Crippen molar-refractivity contribution in [3.8, 4) is 11.5 Å². The fourth-order valence-corrected chi connectivity index (χ4v) is 4.69. The summed E-state index contributed by atoms with van der Waals surface area (Å²) in [5, 5.41) is 12.2. The SMILES string of the molecule is COc1cc(C(C)Nc2ccc(S(=O)(=O)N3CCCC3)cn2)ccc1OCCO. The highest BCUT2D eigenvalue weighted by Gasteiger charge is 2.27. The second-order valence-electron chi connectivity index (χ2n) is 6.84. The molecule has 1 aliphatic heterocycles. The van der Waals surface area contributed by atoms with Crippen LogP contribution in [0.25, 0.3) is 0 Å². The summed E-state index contributed by atoms with van der Waals surface area (Å²) in [6, 6.07) is 8.72. The van der Waals surface area contributed by atoms with Crippen molar-refractivity contribution < 1.29 is 23.0 Å². The molecule has 2 heterocycles. The van der Waals surface area contributed by atoms with Gasteiger partial charge < -0.3 is 19.9 Å². The molecule has 158 valence electrons. The fourth-order valence-electron chi connectivity index (χ4n) is 3.23. The van der Waals surface area contributed by atoms with Crippen molar-refractivity contribution in [2.75, 3.05) is 38.7 Å². The summed E-state index contributed by atoms with van der Waals surface area (Å²) < 4.78 is 37.5. The number of ether oxygens (including phenoxy) is 2. The lowest BCUT2D eigenvalue weighted by Crippen LogP contribution is -2.27. The number of rotatable bonds is 9. The molecule has 1 saturated heterocycles. The molecule has 29 heavy (non-hydrogen) atoms. The number of sulfonamides is 1. The van der Waals surface area contributed by atoms with Crippen LogP contribution < -0.4 is 14.8 Å². The Kier molecular flexibility index (Phi) is 6.94. The van der Waals surface area contributed by atoms with E-state index in [0.29, 0.717) is 30.4 Å². The first-order valence-electron chi connectivity index (χ1n) is 9.60. The third-order valence-electron chi connectivity index (χ3n) is 4.84. The summed E-state index contributed by atoms with van der Waals surface area (Å²) in [4.78, 5) is 4.49. The summed E-state index contributed by atoms with van der Waals surface area (Å²) >= 11 is 0. The molecule has 2 N–H and O–H groups in total. The maximum Gasteiger partial charge on any atom is 0.244 e. The Balaban J connectivity index is 1.70. The van der Waals surface area contributed by atoms with Crippen molar-refractivity contribution in [1.82, 2.24) is 9.29 Å². The number of aliphatic hydroxyl groups excluding tert-OH is 1. The van der Waals surface area contributed by atoms with Crippen LogP contribution in [0.3, 0.4) is 0 Å². The first kappa shape index (κ1) is 21.4. The van der Waals surface area contributed by atoms with Crippen LogP contribution in [0.5, 0.6) is 11.5 Å². The number of nitrogens with one attached hydrogen (secondary N) is 1. The van der Waals surface area contributed by atoms with Crippen LogP contribution in [0.15, 0.2) is 41.4 Å². The van der Waals surface area contributed by atoms with E-state index in [4.69, 9.17) is 14.6 Å².